The predicted octanol–water partition coefficient (Wildman–Crippen LogP) is 6.51. The van der Waals surface area contributed by atoms with Gasteiger partial charge in [-0.2, -0.15) is 0 Å². The molecule has 1 aliphatic carbocycles. The van der Waals surface area contributed by atoms with Crippen LogP contribution in [0.3, 0.4) is 0 Å². The van der Waals surface area contributed by atoms with Gasteiger partial charge in [0.15, 0.2) is 0 Å². The average molecular weight is 634 g/mol. The van der Waals surface area contributed by atoms with Gasteiger partial charge in [-0.05, 0) is 66.8 Å². The largest absolute Gasteiger partial charge is 0.357 e. The molecule has 1 saturated heterocycles. The van der Waals surface area contributed by atoms with Gasteiger partial charge in [0, 0.05) is 16.5 Å². The molecule has 1 saturated carbocycles. The first-order valence-corrected chi connectivity index (χ1v) is 16.1. The number of amides is 1. The molecule has 5 rings (SSSR count). The number of hydrogen-bond acceptors (Lipinski definition) is 5. The maximum Gasteiger partial charge on any atom is 0.253 e. The summed E-state index contributed by atoms with van der Waals surface area (Å²) in [5.41, 5.74) is 1.31. The summed E-state index contributed by atoms with van der Waals surface area (Å²) in [6.45, 7) is 1.67. The molecule has 4 unspecified atom stereocenters. The van der Waals surface area contributed by atoms with Crippen LogP contribution in [0.25, 0.3) is 0 Å². The second kappa shape index (κ2) is 12.7. The summed E-state index contributed by atoms with van der Waals surface area (Å²) in [6, 6.07) is 18.4. The highest BCUT2D eigenvalue weighted by Crippen LogP contribution is 2.45. The van der Waals surface area contributed by atoms with E-state index in [0.29, 0.717) is 46.7 Å². The zero-order valence-electron chi connectivity index (χ0n) is 22.9. The number of rotatable bonds is 11. The van der Waals surface area contributed by atoms with Gasteiger partial charge in [-0.25, -0.2) is 12.8 Å². The van der Waals surface area contributed by atoms with Gasteiger partial charge in [0.1, 0.15) is 24.3 Å². The minimum Gasteiger partial charge on any atom is -0.357 e. The lowest BCUT2D eigenvalue weighted by atomic mass is 9.89. The number of nitrogens with zero attached hydrogens (tertiary/aromatic N) is 2. The molecule has 3 aromatic carbocycles. The molecule has 1 amide bonds. The number of carbonyl (C=O) groups is 2. The highest BCUT2D eigenvalue weighted by atomic mass is 35.5. The van der Waals surface area contributed by atoms with Crippen molar-refractivity contribution < 1.29 is 27.1 Å². The third kappa shape index (κ3) is 6.20. The highest BCUT2D eigenvalue weighted by Gasteiger charge is 2.48. The summed E-state index contributed by atoms with van der Waals surface area (Å²) >= 11 is 12.6. The number of hydrogen-bond donors (Lipinski definition) is 0. The fourth-order valence-corrected chi connectivity index (χ4v) is 7.71. The smallest absolute Gasteiger partial charge is 0.253 e. The maximum atomic E-state index is 15.1. The molecule has 0 N–H and O–H groups in total. The Morgan fingerprint density at radius 2 is 1.74 bits per heavy atom. The molecule has 4 atom stereocenters. The number of aldehydes is 1. The normalized spacial score (nSPS) is 21.7. The molecule has 0 spiro atoms. The van der Waals surface area contributed by atoms with Crippen LogP contribution in [0.1, 0.15) is 55.9 Å². The zero-order valence-corrected chi connectivity index (χ0v) is 25.2. The number of benzene rings is 3. The van der Waals surface area contributed by atoms with Crippen molar-refractivity contribution in [3.05, 3.63) is 99.8 Å². The van der Waals surface area contributed by atoms with Crippen molar-refractivity contribution in [3.63, 3.8) is 0 Å². The van der Waals surface area contributed by atoms with Gasteiger partial charge in [-0.3, -0.25) is 9.10 Å². The van der Waals surface area contributed by atoms with E-state index in [9.17, 15) is 18.0 Å². The molecule has 222 valence electrons. The van der Waals surface area contributed by atoms with E-state index in [2.05, 4.69) is 0 Å². The minimum absolute atomic E-state index is 0.0672. The van der Waals surface area contributed by atoms with E-state index in [1.165, 1.54) is 18.2 Å². The van der Waals surface area contributed by atoms with E-state index in [0.717, 1.165) is 4.31 Å². The molecule has 0 bridgehead atoms. The number of para-hydroxylation sites is 1. The maximum absolute atomic E-state index is 15.1. The van der Waals surface area contributed by atoms with Gasteiger partial charge >= 0.3 is 0 Å². The first-order valence-electron chi connectivity index (χ1n) is 13.8. The first-order chi connectivity index (χ1) is 20.1. The van der Waals surface area contributed by atoms with Crippen molar-refractivity contribution in [3.8, 4) is 0 Å². The number of halogens is 3. The SMILES string of the molecule is CCC(CN(c1ccccc1F)S(=O)(=O)C1CC1)N1C(=O)C(CC=O)OC(c2cccc(Cl)c2)C1c1ccc(Cl)cc1. The molecule has 11 heteroatoms. The molecule has 0 radical (unpaired) electrons. The fraction of sp³-hybridized carbons (Fsp3) is 0.355. The average Bonchev–Trinajstić information content (AvgIpc) is 3.83. The summed E-state index contributed by atoms with van der Waals surface area (Å²) in [5, 5.41) is 0.360. The first kappa shape index (κ1) is 30.5. The van der Waals surface area contributed by atoms with E-state index in [1.54, 1.807) is 53.4 Å². The topological polar surface area (TPSA) is 84.0 Å². The molecule has 3 aromatic rings. The quantitative estimate of drug-likeness (QED) is 0.225. The van der Waals surface area contributed by atoms with Crippen LogP contribution in [0, 0.1) is 5.82 Å². The second-order valence-electron chi connectivity index (χ2n) is 10.5. The Bertz CT molecular complexity index is 1550. The summed E-state index contributed by atoms with van der Waals surface area (Å²) in [7, 11) is -3.91. The Labute approximate surface area is 255 Å². The minimum atomic E-state index is -3.91. The van der Waals surface area contributed by atoms with Crippen molar-refractivity contribution >= 4 is 51.1 Å². The van der Waals surface area contributed by atoms with Crippen LogP contribution >= 0.6 is 23.2 Å². The Morgan fingerprint density at radius 3 is 2.36 bits per heavy atom. The van der Waals surface area contributed by atoms with Crippen molar-refractivity contribution in [2.24, 2.45) is 0 Å². The molecule has 0 aromatic heterocycles. The second-order valence-corrected chi connectivity index (χ2v) is 13.5. The van der Waals surface area contributed by atoms with Crippen molar-refractivity contribution in [1.82, 2.24) is 4.90 Å². The van der Waals surface area contributed by atoms with Gasteiger partial charge in [0.05, 0.1) is 29.6 Å². The molecule has 2 aliphatic rings. The summed E-state index contributed by atoms with van der Waals surface area (Å²) in [4.78, 5) is 27.4. The van der Waals surface area contributed by atoms with Crippen LogP contribution in [0.4, 0.5) is 10.1 Å². The molecular formula is C31H31Cl2FN2O5S. The third-order valence-corrected chi connectivity index (χ3v) is 10.5. The van der Waals surface area contributed by atoms with Crippen LogP contribution in [0.15, 0.2) is 72.8 Å². The summed E-state index contributed by atoms with van der Waals surface area (Å²) < 4.78 is 49.9. The van der Waals surface area contributed by atoms with Gasteiger partial charge in [-0.15, -0.1) is 0 Å². The van der Waals surface area contributed by atoms with Crippen LogP contribution < -0.4 is 4.31 Å². The van der Waals surface area contributed by atoms with Gasteiger partial charge < -0.3 is 14.4 Å². The molecule has 1 aliphatic heterocycles. The number of morpholine rings is 1. The standard InChI is InChI=1S/C31H31Cl2FN2O5S/c1-2-24(19-35(42(39,40)25-14-15-25)27-9-4-3-8-26(27)34)36-29(20-10-12-22(32)13-11-20)30(21-6-5-7-23(33)18-21)41-28(16-17-37)31(36)38/h3-13,17-18,24-25,28-30H,2,14-16,19H2,1H3. The predicted molar refractivity (Wildman–Crippen MR) is 161 cm³/mol. The van der Waals surface area contributed by atoms with E-state index < -0.39 is 51.3 Å². The molecule has 42 heavy (non-hydrogen) atoms. The van der Waals surface area contributed by atoms with E-state index in [-0.39, 0.29) is 18.7 Å². The van der Waals surface area contributed by atoms with Gasteiger partial charge in [0.2, 0.25) is 10.0 Å². The molecule has 1 heterocycles. The monoisotopic (exact) mass is 632 g/mol. The van der Waals surface area contributed by atoms with E-state index in [1.807, 2.05) is 13.0 Å². The Hall–Kier alpha value is -2.98. The van der Waals surface area contributed by atoms with E-state index >= 15 is 4.39 Å². The van der Waals surface area contributed by atoms with Crippen LogP contribution in [-0.4, -0.2) is 49.5 Å². The van der Waals surface area contributed by atoms with Crippen molar-refractivity contribution in [2.45, 2.75) is 62.1 Å². The van der Waals surface area contributed by atoms with Gasteiger partial charge in [-0.1, -0.05) is 66.5 Å². The summed E-state index contributed by atoms with van der Waals surface area (Å²) in [5.74, 6) is -1.13. The molecular weight excluding hydrogens is 602 g/mol. The van der Waals surface area contributed by atoms with E-state index in [4.69, 9.17) is 27.9 Å². The third-order valence-electron chi connectivity index (χ3n) is 7.74. The zero-order chi connectivity index (χ0) is 30.0. The number of sulfonamides is 1. The Balaban J connectivity index is 1.65. The molecule has 7 nitrogen and oxygen atoms in total. The lowest BCUT2D eigenvalue weighted by Gasteiger charge is -2.48. The highest BCUT2D eigenvalue weighted by molar-refractivity contribution is 7.93. The fourth-order valence-electron chi connectivity index (χ4n) is 5.49. The lowest BCUT2D eigenvalue weighted by molar-refractivity contribution is -0.180. The van der Waals surface area contributed by atoms with Crippen molar-refractivity contribution in [1.29, 1.82) is 0 Å². The lowest BCUT2D eigenvalue weighted by Crippen LogP contribution is -2.58. The number of ether oxygens (including phenoxy) is 1. The Morgan fingerprint density at radius 1 is 1.02 bits per heavy atom. The van der Waals surface area contributed by atoms with Crippen molar-refractivity contribution in [2.75, 3.05) is 10.8 Å². The van der Waals surface area contributed by atoms with Crippen LogP contribution in [-0.2, 0) is 24.3 Å². The number of carbonyl (C=O) groups excluding carboxylic acids is 2. The van der Waals surface area contributed by atoms with Gasteiger partial charge in [0.25, 0.3) is 5.91 Å². The summed E-state index contributed by atoms with van der Waals surface area (Å²) in [6.07, 6.45) is -0.0828. The molecule has 2 fully saturated rings. The van der Waals surface area contributed by atoms with Crippen LogP contribution in [0.5, 0.6) is 0 Å². The number of anilines is 1. The Kier molecular flexibility index (Phi) is 9.23. The van der Waals surface area contributed by atoms with Crippen LogP contribution in [0.2, 0.25) is 10.0 Å².